The minimum absolute atomic E-state index is 0.156. The fourth-order valence-electron chi connectivity index (χ4n) is 1.20. The van der Waals surface area contributed by atoms with Crippen molar-refractivity contribution >= 4 is 6.09 Å². The molecule has 0 amide bonds. The predicted octanol–water partition coefficient (Wildman–Crippen LogP) is 2.19. The third kappa shape index (κ3) is 2.13. The summed E-state index contributed by atoms with van der Waals surface area (Å²) in [5, 5.41) is 0. The molecule has 0 spiro atoms. The molecule has 1 heterocycles. The molecule has 0 saturated heterocycles. The Morgan fingerprint density at radius 2 is 2.21 bits per heavy atom. The Labute approximate surface area is 83.9 Å². The molecule has 0 unspecified atom stereocenters. The topological polar surface area (TPSA) is 44.1 Å². The Morgan fingerprint density at radius 3 is 2.71 bits per heavy atom. The van der Waals surface area contributed by atoms with Gasteiger partial charge in [-0.15, -0.1) is 0 Å². The predicted molar refractivity (Wildman–Crippen MR) is 53.3 cm³/mol. The van der Waals surface area contributed by atoms with Crippen molar-refractivity contribution in [3.05, 3.63) is 18.2 Å². The maximum absolute atomic E-state index is 11.5. The summed E-state index contributed by atoms with van der Waals surface area (Å²) < 4.78 is 6.35. The summed E-state index contributed by atoms with van der Waals surface area (Å²) in [7, 11) is 0. The van der Waals surface area contributed by atoms with Gasteiger partial charge < -0.3 is 4.74 Å². The zero-order chi connectivity index (χ0) is 10.8. The SMILES string of the molecule is CCOC(=O)n1ccnc1C(C)(C)C. The smallest absolute Gasteiger partial charge is 0.419 e. The van der Waals surface area contributed by atoms with Crippen LogP contribution in [0, 0.1) is 0 Å². The third-order valence-corrected chi connectivity index (χ3v) is 1.78. The van der Waals surface area contributed by atoms with Crippen LogP contribution >= 0.6 is 0 Å². The van der Waals surface area contributed by atoms with Crippen LogP contribution < -0.4 is 0 Å². The second kappa shape index (κ2) is 3.82. The number of ether oxygens (including phenoxy) is 1. The average molecular weight is 196 g/mol. The molecule has 0 radical (unpaired) electrons. The van der Waals surface area contributed by atoms with E-state index in [1.807, 2.05) is 20.8 Å². The van der Waals surface area contributed by atoms with E-state index in [1.165, 1.54) is 4.57 Å². The standard InChI is InChI=1S/C10H16N2O2/c1-5-14-9(13)12-7-6-11-8(12)10(2,3)4/h6-7H,5H2,1-4H3. The van der Waals surface area contributed by atoms with Crippen LogP contribution in [-0.4, -0.2) is 22.3 Å². The first-order valence-electron chi connectivity index (χ1n) is 4.67. The molecular weight excluding hydrogens is 180 g/mol. The average Bonchev–Trinajstić information content (AvgIpc) is 2.50. The molecule has 4 heteroatoms. The van der Waals surface area contributed by atoms with E-state index in [-0.39, 0.29) is 11.5 Å². The maximum atomic E-state index is 11.5. The van der Waals surface area contributed by atoms with E-state index in [1.54, 1.807) is 19.3 Å². The molecule has 14 heavy (non-hydrogen) atoms. The molecule has 1 aromatic heterocycles. The van der Waals surface area contributed by atoms with Crippen molar-refractivity contribution in [2.45, 2.75) is 33.1 Å². The van der Waals surface area contributed by atoms with Crippen molar-refractivity contribution < 1.29 is 9.53 Å². The van der Waals surface area contributed by atoms with E-state index in [2.05, 4.69) is 4.98 Å². The summed E-state index contributed by atoms with van der Waals surface area (Å²) in [4.78, 5) is 15.6. The lowest BCUT2D eigenvalue weighted by atomic mass is 9.96. The van der Waals surface area contributed by atoms with Crippen molar-refractivity contribution in [2.24, 2.45) is 0 Å². The van der Waals surface area contributed by atoms with E-state index in [0.717, 1.165) is 5.82 Å². The number of hydrogen-bond donors (Lipinski definition) is 0. The Bertz CT molecular complexity index is 323. The largest absolute Gasteiger partial charge is 0.449 e. The van der Waals surface area contributed by atoms with E-state index < -0.39 is 0 Å². The molecule has 78 valence electrons. The number of hydrogen-bond acceptors (Lipinski definition) is 3. The van der Waals surface area contributed by atoms with E-state index in [9.17, 15) is 4.79 Å². The van der Waals surface area contributed by atoms with Gasteiger partial charge in [0.15, 0.2) is 0 Å². The summed E-state index contributed by atoms with van der Waals surface area (Å²) in [6.45, 7) is 8.17. The van der Waals surface area contributed by atoms with Gasteiger partial charge in [-0.2, -0.15) is 0 Å². The van der Waals surface area contributed by atoms with Gasteiger partial charge in [0.2, 0.25) is 0 Å². The van der Waals surface area contributed by atoms with Crippen LogP contribution in [0.2, 0.25) is 0 Å². The summed E-state index contributed by atoms with van der Waals surface area (Å²) in [6, 6.07) is 0. The van der Waals surface area contributed by atoms with E-state index in [0.29, 0.717) is 6.61 Å². The first-order chi connectivity index (χ1) is 6.46. The van der Waals surface area contributed by atoms with Gasteiger partial charge in [-0.25, -0.2) is 14.3 Å². The van der Waals surface area contributed by atoms with Crippen molar-refractivity contribution in [1.82, 2.24) is 9.55 Å². The van der Waals surface area contributed by atoms with Gasteiger partial charge in [0.25, 0.3) is 0 Å². The molecule has 0 aliphatic carbocycles. The molecule has 0 aliphatic heterocycles. The highest BCUT2D eigenvalue weighted by atomic mass is 16.5. The van der Waals surface area contributed by atoms with Crippen molar-refractivity contribution in [2.75, 3.05) is 6.61 Å². The molecular formula is C10H16N2O2. The minimum Gasteiger partial charge on any atom is -0.449 e. The van der Waals surface area contributed by atoms with Crippen LogP contribution in [0.25, 0.3) is 0 Å². The van der Waals surface area contributed by atoms with Gasteiger partial charge in [0, 0.05) is 17.8 Å². The van der Waals surface area contributed by atoms with E-state index in [4.69, 9.17) is 4.74 Å². The van der Waals surface area contributed by atoms with Crippen LogP contribution in [0.15, 0.2) is 12.4 Å². The monoisotopic (exact) mass is 196 g/mol. The lowest BCUT2D eigenvalue weighted by Crippen LogP contribution is -2.24. The highest BCUT2D eigenvalue weighted by molar-refractivity contribution is 5.71. The summed E-state index contributed by atoms with van der Waals surface area (Å²) in [6.07, 6.45) is 2.87. The van der Waals surface area contributed by atoms with Gasteiger partial charge in [-0.05, 0) is 6.92 Å². The Hall–Kier alpha value is -1.32. The highest BCUT2D eigenvalue weighted by Crippen LogP contribution is 2.20. The molecule has 0 atom stereocenters. The lowest BCUT2D eigenvalue weighted by molar-refractivity contribution is 0.152. The van der Waals surface area contributed by atoms with Crippen LogP contribution in [-0.2, 0) is 10.2 Å². The van der Waals surface area contributed by atoms with Gasteiger partial charge >= 0.3 is 6.09 Å². The fourth-order valence-corrected chi connectivity index (χ4v) is 1.20. The summed E-state index contributed by atoms with van der Waals surface area (Å²) in [5.41, 5.74) is -0.156. The van der Waals surface area contributed by atoms with Crippen LogP contribution in [0.5, 0.6) is 0 Å². The second-order valence-electron chi connectivity index (χ2n) is 4.07. The zero-order valence-electron chi connectivity index (χ0n) is 9.07. The number of carbonyl (C=O) groups is 1. The van der Waals surface area contributed by atoms with E-state index >= 15 is 0 Å². The molecule has 0 aliphatic rings. The number of nitrogens with zero attached hydrogens (tertiary/aromatic N) is 2. The Kier molecular flexibility index (Phi) is 2.93. The highest BCUT2D eigenvalue weighted by Gasteiger charge is 2.22. The van der Waals surface area contributed by atoms with Crippen molar-refractivity contribution in [3.63, 3.8) is 0 Å². The normalized spacial score (nSPS) is 11.4. The van der Waals surface area contributed by atoms with Crippen LogP contribution in [0.1, 0.15) is 33.5 Å². The summed E-state index contributed by atoms with van der Waals surface area (Å²) >= 11 is 0. The number of aromatic nitrogens is 2. The van der Waals surface area contributed by atoms with Gasteiger partial charge in [0.1, 0.15) is 5.82 Å². The molecule has 0 aromatic carbocycles. The van der Waals surface area contributed by atoms with Crippen LogP contribution in [0.4, 0.5) is 4.79 Å². The molecule has 1 rings (SSSR count). The lowest BCUT2D eigenvalue weighted by Gasteiger charge is -2.18. The Morgan fingerprint density at radius 1 is 1.57 bits per heavy atom. The quantitative estimate of drug-likeness (QED) is 0.691. The van der Waals surface area contributed by atoms with Crippen molar-refractivity contribution in [1.29, 1.82) is 0 Å². The Balaban J connectivity index is 2.99. The van der Waals surface area contributed by atoms with Crippen LogP contribution in [0.3, 0.4) is 0 Å². The number of carbonyl (C=O) groups excluding carboxylic acids is 1. The van der Waals surface area contributed by atoms with Gasteiger partial charge in [-0.3, -0.25) is 0 Å². The second-order valence-corrected chi connectivity index (χ2v) is 4.07. The molecule has 0 bridgehead atoms. The summed E-state index contributed by atoms with van der Waals surface area (Å²) in [5.74, 6) is 0.718. The van der Waals surface area contributed by atoms with Gasteiger partial charge in [-0.1, -0.05) is 20.8 Å². The number of rotatable bonds is 1. The molecule has 0 saturated carbocycles. The molecule has 0 fully saturated rings. The van der Waals surface area contributed by atoms with Gasteiger partial charge in [0.05, 0.1) is 6.61 Å². The molecule has 0 N–H and O–H groups in total. The fraction of sp³-hybridized carbons (Fsp3) is 0.600. The molecule has 1 aromatic rings. The maximum Gasteiger partial charge on any atom is 0.419 e. The molecule has 4 nitrogen and oxygen atoms in total. The third-order valence-electron chi connectivity index (χ3n) is 1.78. The zero-order valence-corrected chi connectivity index (χ0v) is 9.07. The first-order valence-corrected chi connectivity index (χ1v) is 4.67. The van der Waals surface area contributed by atoms with Crippen molar-refractivity contribution in [3.8, 4) is 0 Å². The first kappa shape index (κ1) is 10.8. The number of imidazole rings is 1. The minimum atomic E-state index is -0.366.